The van der Waals surface area contributed by atoms with Crippen LogP contribution >= 0.6 is 11.6 Å². The van der Waals surface area contributed by atoms with E-state index in [2.05, 4.69) is 18.3 Å². The molecule has 1 rings (SSSR count). The maximum Gasteiger partial charge on any atom is 0.0695 e. The van der Waals surface area contributed by atoms with Crippen molar-refractivity contribution in [2.45, 2.75) is 0 Å². The van der Waals surface area contributed by atoms with Gasteiger partial charge in [0.25, 0.3) is 0 Å². The van der Waals surface area contributed by atoms with E-state index in [0.29, 0.717) is 5.02 Å². The summed E-state index contributed by atoms with van der Waals surface area (Å²) in [6.45, 7) is 7.06. The third kappa shape index (κ3) is 1.69. The summed E-state index contributed by atoms with van der Waals surface area (Å²) in [4.78, 5) is 3.80. The van der Waals surface area contributed by atoms with Crippen molar-refractivity contribution in [2.75, 3.05) is 0 Å². The van der Waals surface area contributed by atoms with Gasteiger partial charge in [-0.15, -0.1) is 0 Å². The molecular weight excluding hydrogens is 158 g/mol. The summed E-state index contributed by atoms with van der Waals surface area (Å²) in [6, 6.07) is 5.39. The standard InChI is InChI=1S/C9H8ClN/c1-3-7-6-8(10)4-5-9(7)11-2/h3-6H,1-2H2. The van der Waals surface area contributed by atoms with Gasteiger partial charge in [-0.05, 0) is 24.9 Å². The molecule has 0 atom stereocenters. The van der Waals surface area contributed by atoms with E-state index in [1.165, 1.54) is 0 Å². The molecule has 0 spiro atoms. The quantitative estimate of drug-likeness (QED) is 0.597. The van der Waals surface area contributed by atoms with Gasteiger partial charge in [-0.3, -0.25) is 4.99 Å². The number of hydrogen-bond donors (Lipinski definition) is 0. The Hall–Kier alpha value is -1.08. The first-order chi connectivity index (χ1) is 5.27. The molecule has 0 aliphatic carbocycles. The van der Waals surface area contributed by atoms with Gasteiger partial charge in [0, 0.05) is 10.6 Å². The Labute approximate surface area is 71.0 Å². The molecule has 0 aliphatic heterocycles. The molecule has 0 bridgehead atoms. The number of rotatable bonds is 2. The maximum absolute atomic E-state index is 5.74. The lowest BCUT2D eigenvalue weighted by molar-refractivity contribution is 1.52. The number of nitrogens with zero attached hydrogens (tertiary/aromatic N) is 1. The van der Waals surface area contributed by atoms with Crippen molar-refractivity contribution in [1.82, 2.24) is 0 Å². The highest BCUT2D eigenvalue weighted by Crippen LogP contribution is 2.23. The fourth-order valence-corrected chi connectivity index (χ4v) is 1.01. The molecule has 0 unspecified atom stereocenters. The van der Waals surface area contributed by atoms with Crippen LogP contribution in [0.25, 0.3) is 6.08 Å². The van der Waals surface area contributed by atoms with Gasteiger partial charge < -0.3 is 0 Å². The minimum atomic E-state index is 0.687. The highest BCUT2D eigenvalue weighted by molar-refractivity contribution is 6.30. The van der Waals surface area contributed by atoms with E-state index in [4.69, 9.17) is 11.6 Å². The van der Waals surface area contributed by atoms with Crippen LogP contribution in [0, 0.1) is 0 Å². The van der Waals surface area contributed by atoms with Gasteiger partial charge >= 0.3 is 0 Å². The van der Waals surface area contributed by atoms with Crippen molar-refractivity contribution >= 4 is 30.1 Å². The van der Waals surface area contributed by atoms with Crippen LogP contribution in [0.5, 0.6) is 0 Å². The molecular formula is C9H8ClN. The molecule has 0 N–H and O–H groups in total. The molecule has 0 fully saturated rings. The third-order valence-corrected chi connectivity index (χ3v) is 1.61. The van der Waals surface area contributed by atoms with Gasteiger partial charge in [-0.2, -0.15) is 0 Å². The molecule has 1 aromatic rings. The second-order valence-corrected chi connectivity index (χ2v) is 2.50. The molecule has 0 amide bonds. The minimum absolute atomic E-state index is 0.687. The van der Waals surface area contributed by atoms with Crippen LogP contribution in [0.2, 0.25) is 5.02 Å². The van der Waals surface area contributed by atoms with Crippen molar-refractivity contribution in [3.8, 4) is 0 Å². The van der Waals surface area contributed by atoms with E-state index in [-0.39, 0.29) is 0 Å². The molecule has 0 saturated carbocycles. The third-order valence-electron chi connectivity index (χ3n) is 1.38. The van der Waals surface area contributed by atoms with Crippen LogP contribution in [-0.4, -0.2) is 6.72 Å². The fourth-order valence-electron chi connectivity index (χ4n) is 0.833. The Morgan fingerprint density at radius 2 is 2.18 bits per heavy atom. The van der Waals surface area contributed by atoms with E-state index >= 15 is 0 Å². The van der Waals surface area contributed by atoms with E-state index < -0.39 is 0 Å². The summed E-state index contributed by atoms with van der Waals surface area (Å²) in [6.07, 6.45) is 1.70. The van der Waals surface area contributed by atoms with Gasteiger partial charge in [-0.25, -0.2) is 0 Å². The topological polar surface area (TPSA) is 12.4 Å². The number of hydrogen-bond acceptors (Lipinski definition) is 1. The average Bonchev–Trinajstić information content (AvgIpc) is 2.04. The van der Waals surface area contributed by atoms with Crippen LogP contribution in [-0.2, 0) is 0 Å². The van der Waals surface area contributed by atoms with E-state index in [9.17, 15) is 0 Å². The SMILES string of the molecule is C=Cc1cc(Cl)ccc1N=C. The second kappa shape index (κ2) is 3.35. The Morgan fingerprint density at radius 1 is 1.45 bits per heavy atom. The monoisotopic (exact) mass is 165 g/mol. The van der Waals surface area contributed by atoms with Crippen LogP contribution in [0.15, 0.2) is 29.8 Å². The van der Waals surface area contributed by atoms with E-state index in [1.807, 2.05) is 6.07 Å². The zero-order valence-electron chi connectivity index (χ0n) is 6.05. The van der Waals surface area contributed by atoms with Crippen molar-refractivity contribution in [3.05, 3.63) is 35.4 Å². The summed E-state index contributed by atoms with van der Waals surface area (Å²) in [5.74, 6) is 0. The van der Waals surface area contributed by atoms with Gasteiger partial charge in [0.2, 0.25) is 0 Å². The Kier molecular flexibility index (Phi) is 2.44. The lowest BCUT2D eigenvalue weighted by atomic mass is 10.2. The van der Waals surface area contributed by atoms with Crippen LogP contribution in [0.4, 0.5) is 5.69 Å². The number of benzene rings is 1. The smallest absolute Gasteiger partial charge is 0.0695 e. The summed E-state index contributed by atoms with van der Waals surface area (Å²) >= 11 is 5.74. The van der Waals surface area contributed by atoms with Crippen LogP contribution in [0.1, 0.15) is 5.56 Å². The van der Waals surface area contributed by atoms with Gasteiger partial charge in [0.15, 0.2) is 0 Å². The lowest BCUT2D eigenvalue weighted by Crippen LogP contribution is -1.72. The average molecular weight is 166 g/mol. The molecule has 11 heavy (non-hydrogen) atoms. The first kappa shape index (κ1) is 8.02. The highest BCUT2D eigenvalue weighted by atomic mass is 35.5. The lowest BCUT2D eigenvalue weighted by Gasteiger charge is -1.98. The Morgan fingerprint density at radius 3 is 2.73 bits per heavy atom. The Bertz CT molecular complexity index is 292. The van der Waals surface area contributed by atoms with Gasteiger partial charge in [0.05, 0.1) is 5.69 Å². The maximum atomic E-state index is 5.74. The summed E-state index contributed by atoms with van der Waals surface area (Å²) in [7, 11) is 0. The highest BCUT2D eigenvalue weighted by Gasteiger charge is 1.95. The Balaban J connectivity index is 3.26. The van der Waals surface area contributed by atoms with Crippen LogP contribution < -0.4 is 0 Å². The van der Waals surface area contributed by atoms with Crippen molar-refractivity contribution in [3.63, 3.8) is 0 Å². The molecule has 1 aromatic carbocycles. The zero-order valence-corrected chi connectivity index (χ0v) is 6.80. The molecule has 0 aliphatic rings. The molecule has 1 nitrogen and oxygen atoms in total. The minimum Gasteiger partial charge on any atom is -0.264 e. The first-order valence-electron chi connectivity index (χ1n) is 3.16. The number of aliphatic imine (C=N–C) groups is 1. The summed E-state index contributed by atoms with van der Waals surface area (Å²) < 4.78 is 0. The fraction of sp³-hybridized carbons (Fsp3) is 0. The summed E-state index contributed by atoms with van der Waals surface area (Å²) in [5.41, 5.74) is 1.72. The van der Waals surface area contributed by atoms with Crippen molar-refractivity contribution in [2.24, 2.45) is 4.99 Å². The van der Waals surface area contributed by atoms with E-state index in [1.54, 1.807) is 18.2 Å². The first-order valence-corrected chi connectivity index (χ1v) is 3.54. The molecule has 56 valence electrons. The zero-order chi connectivity index (χ0) is 8.27. The molecule has 0 radical (unpaired) electrons. The molecule has 2 heteroatoms. The predicted octanol–water partition coefficient (Wildman–Crippen LogP) is 3.32. The largest absolute Gasteiger partial charge is 0.264 e. The molecule has 0 aromatic heterocycles. The van der Waals surface area contributed by atoms with Crippen molar-refractivity contribution < 1.29 is 0 Å². The normalized spacial score (nSPS) is 9.18. The number of halogens is 1. The predicted molar refractivity (Wildman–Crippen MR) is 50.8 cm³/mol. The molecule has 0 heterocycles. The summed E-state index contributed by atoms with van der Waals surface area (Å²) in [5, 5.41) is 0.687. The van der Waals surface area contributed by atoms with Gasteiger partial charge in [0.1, 0.15) is 0 Å². The van der Waals surface area contributed by atoms with Crippen LogP contribution in [0.3, 0.4) is 0 Å². The van der Waals surface area contributed by atoms with Crippen molar-refractivity contribution in [1.29, 1.82) is 0 Å². The molecule has 0 saturated heterocycles. The second-order valence-electron chi connectivity index (χ2n) is 2.07. The van der Waals surface area contributed by atoms with Gasteiger partial charge in [-0.1, -0.05) is 24.3 Å². The van der Waals surface area contributed by atoms with E-state index in [0.717, 1.165) is 11.3 Å².